The Morgan fingerprint density at radius 1 is 1.41 bits per heavy atom. The van der Waals surface area contributed by atoms with Gasteiger partial charge in [0.05, 0.1) is 18.8 Å². The summed E-state index contributed by atoms with van der Waals surface area (Å²) in [6, 6.07) is 0. The fraction of sp³-hybridized carbons (Fsp3) is 0.688. The molecule has 1 aromatic heterocycles. The summed E-state index contributed by atoms with van der Waals surface area (Å²) in [6.07, 6.45) is 5.84. The van der Waals surface area contributed by atoms with Crippen molar-refractivity contribution in [1.82, 2.24) is 14.9 Å². The molecule has 0 radical (unpaired) electrons. The van der Waals surface area contributed by atoms with Crippen LogP contribution in [-0.4, -0.2) is 46.1 Å². The van der Waals surface area contributed by atoms with E-state index in [1.165, 1.54) is 6.20 Å². The molecule has 0 bridgehead atoms. The van der Waals surface area contributed by atoms with Crippen molar-refractivity contribution < 1.29 is 9.53 Å². The third-order valence-electron chi connectivity index (χ3n) is 5.19. The summed E-state index contributed by atoms with van der Waals surface area (Å²) >= 11 is 0. The predicted molar refractivity (Wildman–Crippen MR) is 79.8 cm³/mol. The topological polar surface area (TPSA) is 75.3 Å². The molecule has 3 aliphatic rings. The smallest absolute Gasteiger partial charge is 0.263 e. The minimum Gasteiger partial charge on any atom is -0.377 e. The lowest BCUT2D eigenvalue weighted by molar-refractivity contribution is -0.0548. The summed E-state index contributed by atoms with van der Waals surface area (Å²) in [5.41, 5.74) is -0.457. The van der Waals surface area contributed by atoms with Gasteiger partial charge in [0.25, 0.3) is 11.5 Å². The summed E-state index contributed by atoms with van der Waals surface area (Å²) in [5, 5.41) is 0. The molecule has 6 nitrogen and oxygen atoms in total. The normalized spacial score (nSPS) is 28.7. The first-order chi connectivity index (χ1) is 10.6. The lowest BCUT2D eigenvalue weighted by Gasteiger charge is -2.45. The largest absolute Gasteiger partial charge is 0.377 e. The Kier molecular flexibility index (Phi) is 3.11. The van der Waals surface area contributed by atoms with Gasteiger partial charge in [0.1, 0.15) is 11.4 Å². The second-order valence-electron chi connectivity index (χ2n) is 6.93. The van der Waals surface area contributed by atoms with E-state index in [9.17, 15) is 9.59 Å². The number of carbonyl (C=O) groups excluding carboxylic acids is 1. The first kappa shape index (κ1) is 13.9. The second-order valence-corrected chi connectivity index (χ2v) is 6.93. The van der Waals surface area contributed by atoms with E-state index in [0.29, 0.717) is 37.4 Å². The highest BCUT2D eigenvalue weighted by atomic mass is 16.5. The minimum absolute atomic E-state index is 0.151. The Morgan fingerprint density at radius 3 is 2.82 bits per heavy atom. The number of amides is 1. The molecular formula is C16H21N3O3. The van der Waals surface area contributed by atoms with Crippen LogP contribution in [0.15, 0.2) is 11.0 Å². The number of aromatic amines is 1. The van der Waals surface area contributed by atoms with Gasteiger partial charge in [0, 0.05) is 18.7 Å². The fourth-order valence-corrected chi connectivity index (χ4v) is 3.42. The number of H-pyrrole nitrogens is 1. The van der Waals surface area contributed by atoms with E-state index in [-0.39, 0.29) is 22.6 Å². The number of nitrogens with one attached hydrogen (secondary N) is 1. The van der Waals surface area contributed by atoms with E-state index < -0.39 is 0 Å². The number of ether oxygens (including phenoxy) is 1. The van der Waals surface area contributed by atoms with Crippen LogP contribution in [0.25, 0.3) is 0 Å². The Morgan fingerprint density at radius 2 is 2.18 bits per heavy atom. The Balaban J connectivity index is 1.63. The lowest BCUT2D eigenvalue weighted by Crippen LogP contribution is -2.59. The fourth-order valence-electron chi connectivity index (χ4n) is 3.42. The van der Waals surface area contributed by atoms with Gasteiger partial charge in [0.15, 0.2) is 0 Å². The van der Waals surface area contributed by atoms with Gasteiger partial charge in [-0.1, -0.05) is 0 Å². The summed E-state index contributed by atoms with van der Waals surface area (Å²) in [4.78, 5) is 34.1. The maximum atomic E-state index is 12.9. The predicted octanol–water partition coefficient (Wildman–Crippen LogP) is 1.29. The third-order valence-corrected chi connectivity index (χ3v) is 5.19. The average Bonchev–Trinajstić information content (AvgIpc) is 3.40. The zero-order valence-corrected chi connectivity index (χ0v) is 12.8. The molecule has 0 spiro atoms. The number of morpholine rings is 1. The van der Waals surface area contributed by atoms with Crippen LogP contribution in [-0.2, 0) is 4.74 Å². The summed E-state index contributed by atoms with van der Waals surface area (Å²) in [7, 11) is 0. The van der Waals surface area contributed by atoms with Crippen LogP contribution in [0.4, 0.5) is 0 Å². The third kappa shape index (κ3) is 2.26. The second kappa shape index (κ2) is 4.91. The van der Waals surface area contributed by atoms with Crippen molar-refractivity contribution >= 4 is 5.91 Å². The molecule has 1 N–H and O–H groups in total. The number of hydrogen-bond donors (Lipinski definition) is 1. The molecular weight excluding hydrogens is 282 g/mol. The number of carbonyl (C=O) groups is 1. The van der Waals surface area contributed by atoms with Crippen molar-refractivity contribution in [3.05, 3.63) is 27.9 Å². The molecule has 6 heteroatoms. The van der Waals surface area contributed by atoms with Crippen molar-refractivity contribution in [1.29, 1.82) is 0 Å². The highest BCUT2D eigenvalue weighted by Crippen LogP contribution is 2.44. The zero-order valence-electron chi connectivity index (χ0n) is 12.8. The Hall–Kier alpha value is -1.69. The van der Waals surface area contributed by atoms with Gasteiger partial charge in [-0.2, -0.15) is 0 Å². The zero-order chi connectivity index (χ0) is 15.3. The molecule has 22 heavy (non-hydrogen) atoms. The quantitative estimate of drug-likeness (QED) is 0.913. The van der Waals surface area contributed by atoms with E-state index in [4.69, 9.17) is 4.74 Å². The number of rotatable bonds is 3. The molecule has 1 amide bonds. The highest BCUT2D eigenvalue weighted by molar-refractivity contribution is 5.94. The molecule has 118 valence electrons. The van der Waals surface area contributed by atoms with Gasteiger partial charge in [-0.15, -0.1) is 0 Å². The minimum atomic E-state index is -0.313. The molecule has 1 atom stereocenters. The van der Waals surface area contributed by atoms with Crippen LogP contribution in [0.2, 0.25) is 0 Å². The van der Waals surface area contributed by atoms with Crippen molar-refractivity contribution in [3.63, 3.8) is 0 Å². The van der Waals surface area contributed by atoms with Gasteiger partial charge in [-0.25, -0.2) is 4.98 Å². The van der Waals surface area contributed by atoms with E-state index in [1.54, 1.807) is 0 Å². The van der Waals surface area contributed by atoms with Crippen LogP contribution >= 0.6 is 0 Å². The first-order valence-corrected chi connectivity index (χ1v) is 8.08. The van der Waals surface area contributed by atoms with Crippen LogP contribution < -0.4 is 5.56 Å². The lowest BCUT2D eigenvalue weighted by atomic mass is 9.92. The highest BCUT2D eigenvalue weighted by Gasteiger charge is 2.49. The molecule has 2 saturated carbocycles. The molecule has 1 saturated heterocycles. The van der Waals surface area contributed by atoms with Crippen molar-refractivity contribution in [2.24, 2.45) is 5.92 Å². The molecule has 0 aromatic carbocycles. The van der Waals surface area contributed by atoms with Crippen molar-refractivity contribution in [2.45, 2.75) is 44.1 Å². The van der Waals surface area contributed by atoms with Gasteiger partial charge in [0.2, 0.25) is 0 Å². The first-order valence-electron chi connectivity index (χ1n) is 8.08. The molecule has 1 unspecified atom stereocenters. The Bertz CT molecular complexity index is 663. The van der Waals surface area contributed by atoms with Crippen LogP contribution in [0.3, 0.4) is 0 Å². The summed E-state index contributed by atoms with van der Waals surface area (Å²) in [6.45, 7) is 3.69. The van der Waals surface area contributed by atoms with Gasteiger partial charge in [-0.05, 0) is 38.5 Å². The average molecular weight is 303 g/mol. The van der Waals surface area contributed by atoms with Crippen LogP contribution in [0.5, 0.6) is 0 Å². The van der Waals surface area contributed by atoms with Crippen LogP contribution in [0, 0.1) is 5.92 Å². The Labute approximate surface area is 128 Å². The van der Waals surface area contributed by atoms with E-state index >= 15 is 0 Å². The van der Waals surface area contributed by atoms with Gasteiger partial charge >= 0.3 is 0 Å². The SMILES string of the molecule is CC1(C2CC2)COCCN1C(=O)c1cnc(C2CC2)[nH]c1=O. The summed E-state index contributed by atoms with van der Waals surface area (Å²) in [5.74, 6) is 1.36. The number of hydrogen-bond acceptors (Lipinski definition) is 4. The summed E-state index contributed by atoms with van der Waals surface area (Å²) < 4.78 is 5.60. The van der Waals surface area contributed by atoms with E-state index in [2.05, 4.69) is 16.9 Å². The number of nitrogens with zero attached hydrogens (tertiary/aromatic N) is 2. The number of aromatic nitrogens is 2. The maximum Gasteiger partial charge on any atom is 0.263 e. The monoisotopic (exact) mass is 303 g/mol. The maximum absolute atomic E-state index is 12.9. The van der Waals surface area contributed by atoms with Crippen molar-refractivity contribution in [3.8, 4) is 0 Å². The van der Waals surface area contributed by atoms with E-state index in [1.807, 2.05) is 4.90 Å². The molecule has 2 aliphatic carbocycles. The van der Waals surface area contributed by atoms with E-state index in [0.717, 1.165) is 25.7 Å². The molecule has 3 fully saturated rings. The van der Waals surface area contributed by atoms with Gasteiger partial charge < -0.3 is 14.6 Å². The molecule has 1 aliphatic heterocycles. The molecule has 4 rings (SSSR count). The molecule has 2 heterocycles. The van der Waals surface area contributed by atoms with Crippen molar-refractivity contribution in [2.75, 3.05) is 19.8 Å². The standard InChI is InChI=1S/C16H21N3O3/c1-16(11-4-5-11)9-22-7-6-19(16)15(21)12-8-17-13(10-2-3-10)18-14(12)20/h8,10-11H,2-7,9H2,1H3,(H,17,18,20). The molecule has 1 aromatic rings. The van der Waals surface area contributed by atoms with Gasteiger partial charge in [-0.3, -0.25) is 9.59 Å². The van der Waals surface area contributed by atoms with Crippen LogP contribution in [0.1, 0.15) is 54.7 Å².